The van der Waals surface area contributed by atoms with E-state index in [0.29, 0.717) is 17.5 Å². The number of carbonyl (C=O) groups excluding carboxylic acids is 2. The van der Waals surface area contributed by atoms with Crippen LogP contribution in [0.3, 0.4) is 0 Å². The molecule has 7 nitrogen and oxygen atoms in total. The summed E-state index contributed by atoms with van der Waals surface area (Å²) >= 11 is 0. The summed E-state index contributed by atoms with van der Waals surface area (Å²) in [6, 6.07) is 1.46. The van der Waals surface area contributed by atoms with Crippen LogP contribution in [-0.2, 0) is 9.59 Å². The Kier molecular flexibility index (Phi) is 6.29. The van der Waals surface area contributed by atoms with Crippen molar-refractivity contribution in [2.45, 2.75) is 58.4 Å². The number of nitrogens with zero attached hydrogens (tertiary/aromatic N) is 3. The number of carbonyl (C=O) groups is 2. The molecule has 1 aromatic rings. The summed E-state index contributed by atoms with van der Waals surface area (Å²) in [6.07, 6.45) is 6.39. The van der Waals surface area contributed by atoms with E-state index in [-0.39, 0.29) is 17.9 Å². The molecular formula is C19H30N4O3. The summed E-state index contributed by atoms with van der Waals surface area (Å²) in [4.78, 5) is 29.4. The molecule has 1 unspecified atom stereocenters. The Balaban J connectivity index is 1.47. The first kappa shape index (κ1) is 18.9. The van der Waals surface area contributed by atoms with E-state index in [4.69, 9.17) is 4.52 Å². The van der Waals surface area contributed by atoms with Crippen molar-refractivity contribution in [2.75, 3.05) is 31.5 Å². The van der Waals surface area contributed by atoms with Crippen LogP contribution < -0.4 is 5.32 Å². The highest BCUT2D eigenvalue weighted by atomic mass is 16.5. The smallest absolute Gasteiger partial charge is 0.242 e. The second-order valence-corrected chi connectivity index (χ2v) is 7.54. The van der Waals surface area contributed by atoms with Gasteiger partial charge < -0.3 is 14.7 Å². The molecular weight excluding hydrogens is 332 g/mol. The predicted octanol–water partition coefficient (Wildman–Crippen LogP) is 2.42. The molecule has 2 aliphatic rings. The van der Waals surface area contributed by atoms with Crippen LogP contribution in [0.25, 0.3) is 0 Å². The first-order valence-corrected chi connectivity index (χ1v) is 9.81. The summed E-state index contributed by atoms with van der Waals surface area (Å²) in [5, 5.41) is 6.59. The molecule has 1 atom stereocenters. The van der Waals surface area contributed by atoms with Gasteiger partial charge in [-0.05, 0) is 52.6 Å². The fourth-order valence-corrected chi connectivity index (χ4v) is 3.90. The largest absolute Gasteiger partial charge is 0.360 e. The first-order valence-electron chi connectivity index (χ1n) is 9.81. The number of aryl methyl sites for hydroxylation is 1. The highest BCUT2D eigenvalue weighted by molar-refractivity contribution is 5.93. The van der Waals surface area contributed by atoms with E-state index in [0.717, 1.165) is 51.9 Å². The van der Waals surface area contributed by atoms with Gasteiger partial charge in [-0.3, -0.25) is 14.5 Å². The quantitative estimate of drug-likeness (QED) is 0.890. The molecule has 2 amide bonds. The monoisotopic (exact) mass is 362 g/mol. The molecule has 2 saturated heterocycles. The van der Waals surface area contributed by atoms with Crippen LogP contribution in [0.15, 0.2) is 10.6 Å². The van der Waals surface area contributed by atoms with Crippen molar-refractivity contribution in [3.63, 3.8) is 0 Å². The molecule has 0 aromatic carbocycles. The van der Waals surface area contributed by atoms with Crippen LogP contribution in [0.2, 0.25) is 0 Å². The van der Waals surface area contributed by atoms with Crippen LogP contribution in [0.5, 0.6) is 0 Å². The summed E-state index contributed by atoms with van der Waals surface area (Å²) in [7, 11) is 0. The molecule has 3 heterocycles. The third-order valence-electron chi connectivity index (χ3n) is 5.60. The lowest BCUT2D eigenvalue weighted by Gasteiger charge is -2.36. The zero-order chi connectivity index (χ0) is 18.5. The van der Waals surface area contributed by atoms with Gasteiger partial charge in [0, 0.05) is 25.1 Å². The minimum atomic E-state index is -0.249. The summed E-state index contributed by atoms with van der Waals surface area (Å²) < 4.78 is 4.98. The molecule has 1 N–H and O–H groups in total. The number of aromatic nitrogens is 1. The van der Waals surface area contributed by atoms with Gasteiger partial charge in [0.25, 0.3) is 0 Å². The van der Waals surface area contributed by atoms with Gasteiger partial charge >= 0.3 is 0 Å². The second-order valence-electron chi connectivity index (χ2n) is 7.54. The van der Waals surface area contributed by atoms with E-state index in [9.17, 15) is 9.59 Å². The molecule has 0 saturated carbocycles. The molecule has 26 heavy (non-hydrogen) atoms. The van der Waals surface area contributed by atoms with Gasteiger partial charge in [-0.1, -0.05) is 18.0 Å². The number of likely N-dealkylation sites (tertiary alicyclic amines) is 2. The van der Waals surface area contributed by atoms with Crippen LogP contribution in [0.4, 0.5) is 5.82 Å². The molecule has 7 heteroatoms. The molecule has 2 fully saturated rings. The number of piperidine rings is 1. The lowest BCUT2D eigenvalue weighted by atomic mass is 9.94. The van der Waals surface area contributed by atoms with Crippen molar-refractivity contribution in [1.82, 2.24) is 15.0 Å². The summed E-state index contributed by atoms with van der Waals surface area (Å²) in [6.45, 7) is 7.06. The summed E-state index contributed by atoms with van der Waals surface area (Å²) in [5.41, 5.74) is 0. The number of anilines is 1. The third kappa shape index (κ3) is 4.63. The second kappa shape index (κ2) is 8.66. The average molecular weight is 362 g/mol. The SMILES string of the molecule is Cc1cc(NC(=O)C(C)N2CCC(C(=O)N3CCCCCC3)CC2)no1. The molecule has 3 rings (SSSR count). The molecule has 0 aliphatic carbocycles. The zero-order valence-corrected chi connectivity index (χ0v) is 15.9. The fraction of sp³-hybridized carbons (Fsp3) is 0.737. The van der Waals surface area contributed by atoms with Gasteiger partial charge in [-0.2, -0.15) is 0 Å². The summed E-state index contributed by atoms with van der Waals surface area (Å²) in [5.74, 6) is 1.46. The Hall–Kier alpha value is -1.89. The number of hydrogen-bond acceptors (Lipinski definition) is 5. The minimum Gasteiger partial charge on any atom is -0.360 e. The van der Waals surface area contributed by atoms with Gasteiger partial charge in [0.15, 0.2) is 5.82 Å². The van der Waals surface area contributed by atoms with E-state index < -0.39 is 0 Å². The van der Waals surface area contributed by atoms with Crippen molar-refractivity contribution >= 4 is 17.6 Å². The van der Waals surface area contributed by atoms with E-state index in [1.807, 2.05) is 6.92 Å². The number of rotatable bonds is 4. The maximum Gasteiger partial charge on any atom is 0.242 e. The normalized spacial score (nSPS) is 21.2. The van der Waals surface area contributed by atoms with Crippen molar-refractivity contribution in [2.24, 2.45) is 5.92 Å². The highest BCUT2D eigenvalue weighted by Gasteiger charge is 2.32. The Morgan fingerprint density at radius 1 is 1.15 bits per heavy atom. The van der Waals surface area contributed by atoms with E-state index in [2.05, 4.69) is 20.3 Å². The minimum absolute atomic E-state index is 0.0874. The van der Waals surface area contributed by atoms with Crippen LogP contribution in [0.1, 0.15) is 51.2 Å². The van der Waals surface area contributed by atoms with Crippen LogP contribution in [-0.4, -0.2) is 59.0 Å². The Bertz CT molecular complexity index is 614. The van der Waals surface area contributed by atoms with Gasteiger partial charge in [0.1, 0.15) is 5.76 Å². The predicted molar refractivity (Wildman–Crippen MR) is 98.7 cm³/mol. The van der Waals surface area contributed by atoms with Crippen molar-refractivity contribution in [3.8, 4) is 0 Å². The zero-order valence-electron chi connectivity index (χ0n) is 15.9. The van der Waals surface area contributed by atoms with Gasteiger partial charge in [-0.25, -0.2) is 0 Å². The fourth-order valence-electron chi connectivity index (χ4n) is 3.90. The van der Waals surface area contributed by atoms with Crippen molar-refractivity contribution in [3.05, 3.63) is 11.8 Å². The standard InChI is InChI=1S/C19H30N4O3/c1-14-13-17(21-26-14)20-18(24)15(2)22-11-7-16(8-12-22)19(25)23-9-5-3-4-6-10-23/h13,15-16H,3-12H2,1-2H3,(H,20,21,24). The van der Waals surface area contributed by atoms with Crippen LogP contribution in [0, 0.1) is 12.8 Å². The van der Waals surface area contributed by atoms with E-state index in [1.165, 1.54) is 12.8 Å². The number of hydrogen-bond donors (Lipinski definition) is 1. The maximum absolute atomic E-state index is 12.8. The average Bonchev–Trinajstić information content (AvgIpc) is 2.89. The van der Waals surface area contributed by atoms with Gasteiger partial charge in [0.2, 0.25) is 11.8 Å². The molecule has 2 aliphatic heterocycles. The van der Waals surface area contributed by atoms with Crippen molar-refractivity contribution < 1.29 is 14.1 Å². The maximum atomic E-state index is 12.8. The molecule has 0 spiro atoms. The highest BCUT2D eigenvalue weighted by Crippen LogP contribution is 2.23. The number of amides is 2. The third-order valence-corrected chi connectivity index (χ3v) is 5.60. The topological polar surface area (TPSA) is 78.7 Å². The van der Waals surface area contributed by atoms with E-state index in [1.54, 1.807) is 13.0 Å². The Morgan fingerprint density at radius 2 is 1.81 bits per heavy atom. The van der Waals surface area contributed by atoms with Crippen LogP contribution >= 0.6 is 0 Å². The number of nitrogens with one attached hydrogen (secondary N) is 1. The molecule has 144 valence electrons. The Labute approximate surface area is 155 Å². The lowest BCUT2D eigenvalue weighted by molar-refractivity contribution is -0.137. The molecule has 1 aromatic heterocycles. The molecule has 0 bridgehead atoms. The van der Waals surface area contributed by atoms with Gasteiger partial charge in [-0.15, -0.1) is 0 Å². The first-order chi connectivity index (χ1) is 12.5. The Morgan fingerprint density at radius 3 is 2.38 bits per heavy atom. The molecule has 0 radical (unpaired) electrons. The van der Waals surface area contributed by atoms with E-state index >= 15 is 0 Å². The lowest BCUT2D eigenvalue weighted by Crippen LogP contribution is -2.48. The van der Waals surface area contributed by atoms with Gasteiger partial charge in [0.05, 0.1) is 6.04 Å². The van der Waals surface area contributed by atoms with Crippen molar-refractivity contribution in [1.29, 1.82) is 0 Å².